The van der Waals surface area contributed by atoms with Gasteiger partial charge in [0.15, 0.2) is 0 Å². The molecule has 0 aliphatic carbocycles. The van der Waals surface area contributed by atoms with Gasteiger partial charge in [-0.2, -0.15) is 0 Å². The van der Waals surface area contributed by atoms with Crippen LogP contribution in [0.25, 0.3) is 5.69 Å². The van der Waals surface area contributed by atoms with Crippen molar-refractivity contribution in [2.45, 2.75) is 13.8 Å². The molecule has 0 unspecified atom stereocenters. The van der Waals surface area contributed by atoms with Crippen LogP contribution < -0.4 is 15.4 Å². The summed E-state index contributed by atoms with van der Waals surface area (Å²) in [5.74, 6) is 0.692. The zero-order valence-electron chi connectivity index (χ0n) is 14.5. The molecule has 0 aliphatic heterocycles. The van der Waals surface area contributed by atoms with Crippen LogP contribution in [-0.2, 0) is 0 Å². The Hall–Kier alpha value is -3.21. The summed E-state index contributed by atoms with van der Waals surface area (Å²) in [4.78, 5) is 12.4. The Morgan fingerprint density at radius 1 is 1.00 bits per heavy atom. The van der Waals surface area contributed by atoms with Crippen molar-refractivity contribution >= 4 is 17.4 Å². The molecule has 3 rings (SSSR count). The number of hydrogen-bond acceptors (Lipinski definition) is 2. The summed E-state index contributed by atoms with van der Waals surface area (Å²) in [6, 6.07) is 14.8. The third-order valence-electron chi connectivity index (χ3n) is 4.14. The normalized spacial score (nSPS) is 10.4. The lowest BCUT2D eigenvalue weighted by Gasteiger charge is -2.17. The van der Waals surface area contributed by atoms with Gasteiger partial charge in [-0.1, -0.05) is 12.1 Å². The van der Waals surface area contributed by atoms with Crippen LogP contribution in [0, 0.1) is 13.8 Å². The zero-order chi connectivity index (χ0) is 17.8. The summed E-state index contributed by atoms with van der Waals surface area (Å²) in [6.45, 7) is 4.11. The lowest BCUT2D eigenvalue weighted by molar-refractivity contribution is 0.262. The molecule has 2 aromatic carbocycles. The highest BCUT2D eigenvalue weighted by atomic mass is 16.5. The van der Waals surface area contributed by atoms with Crippen molar-refractivity contribution in [2.75, 3.05) is 17.7 Å². The number of methoxy groups -OCH3 is 1. The van der Waals surface area contributed by atoms with Crippen LogP contribution in [0.1, 0.15) is 11.1 Å². The van der Waals surface area contributed by atoms with Crippen molar-refractivity contribution in [2.24, 2.45) is 0 Å². The number of nitrogens with one attached hydrogen (secondary N) is 2. The fourth-order valence-corrected chi connectivity index (χ4v) is 2.70. The molecule has 0 fully saturated rings. The molecule has 1 aromatic heterocycles. The summed E-state index contributed by atoms with van der Waals surface area (Å²) >= 11 is 0. The van der Waals surface area contributed by atoms with Gasteiger partial charge in [0.25, 0.3) is 0 Å². The Kier molecular flexibility index (Phi) is 4.75. The average molecular weight is 335 g/mol. The molecule has 0 saturated carbocycles. The van der Waals surface area contributed by atoms with E-state index in [0.717, 1.165) is 16.9 Å². The minimum Gasteiger partial charge on any atom is -0.497 e. The highest BCUT2D eigenvalue weighted by molar-refractivity contribution is 6.01. The van der Waals surface area contributed by atoms with E-state index in [1.54, 1.807) is 13.2 Å². The van der Waals surface area contributed by atoms with Gasteiger partial charge in [0.1, 0.15) is 5.75 Å². The molecule has 1 heterocycles. The molecule has 3 aromatic rings. The predicted molar refractivity (Wildman–Crippen MR) is 101 cm³/mol. The number of rotatable bonds is 4. The van der Waals surface area contributed by atoms with Crippen molar-refractivity contribution < 1.29 is 9.53 Å². The standard InChI is InChI=1S/C20H21N3O2/c1-14-9-10-18(19(15(14)2)23-11-4-5-12-23)22-20(24)21-16-7-6-8-17(13-16)25-3/h4-13H,1-3H3,(H2,21,22,24). The SMILES string of the molecule is COc1cccc(NC(=O)Nc2ccc(C)c(C)c2-n2cccc2)c1. The van der Waals surface area contributed by atoms with Crippen LogP contribution in [0.15, 0.2) is 60.9 Å². The Morgan fingerprint density at radius 3 is 2.48 bits per heavy atom. The first-order chi connectivity index (χ1) is 12.1. The van der Waals surface area contributed by atoms with Crippen LogP contribution in [0.5, 0.6) is 5.75 Å². The Morgan fingerprint density at radius 2 is 1.76 bits per heavy atom. The first kappa shape index (κ1) is 16.6. The maximum atomic E-state index is 12.4. The van der Waals surface area contributed by atoms with E-state index in [1.807, 2.05) is 59.4 Å². The van der Waals surface area contributed by atoms with Crippen LogP contribution in [0.3, 0.4) is 0 Å². The molecule has 2 amide bonds. The minimum atomic E-state index is -0.301. The zero-order valence-corrected chi connectivity index (χ0v) is 14.5. The van der Waals surface area contributed by atoms with Gasteiger partial charge in [0, 0.05) is 24.1 Å². The second kappa shape index (κ2) is 7.13. The van der Waals surface area contributed by atoms with E-state index in [-0.39, 0.29) is 6.03 Å². The maximum absolute atomic E-state index is 12.4. The molecular formula is C20H21N3O2. The molecule has 5 nitrogen and oxygen atoms in total. The fraction of sp³-hybridized carbons (Fsp3) is 0.150. The van der Waals surface area contributed by atoms with Crippen LogP contribution in [0.4, 0.5) is 16.2 Å². The number of hydrogen-bond donors (Lipinski definition) is 2. The molecule has 5 heteroatoms. The maximum Gasteiger partial charge on any atom is 0.323 e. The quantitative estimate of drug-likeness (QED) is 0.723. The van der Waals surface area contributed by atoms with E-state index in [4.69, 9.17) is 4.74 Å². The number of benzene rings is 2. The number of aromatic nitrogens is 1. The summed E-state index contributed by atoms with van der Waals surface area (Å²) < 4.78 is 7.18. The van der Waals surface area contributed by atoms with Crippen molar-refractivity contribution in [3.8, 4) is 11.4 Å². The largest absolute Gasteiger partial charge is 0.497 e. The number of nitrogens with zero attached hydrogens (tertiary/aromatic N) is 1. The Labute approximate surface area is 147 Å². The van der Waals surface area contributed by atoms with Crippen LogP contribution in [-0.4, -0.2) is 17.7 Å². The first-order valence-corrected chi connectivity index (χ1v) is 8.04. The van der Waals surface area contributed by atoms with Gasteiger partial charge in [-0.05, 0) is 55.3 Å². The number of carbonyl (C=O) groups excluding carboxylic acids is 1. The van der Waals surface area contributed by atoms with Gasteiger partial charge in [-0.15, -0.1) is 0 Å². The third-order valence-corrected chi connectivity index (χ3v) is 4.14. The summed E-state index contributed by atoms with van der Waals surface area (Å²) in [5.41, 5.74) is 4.67. The molecular weight excluding hydrogens is 314 g/mol. The summed E-state index contributed by atoms with van der Waals surface area (Å²) in [7, 11) is 1.59. The third kappa shape index (κ3) is 3.66. The van der Waals surface area contributed by atoms with Crippen molar-refractivity contribution in [3.05, 3.63) is 72.1 Å². The molecule has 128 valence electrons. The number of carbonyl (C=O) groups is 1. The Bertz CT molecular complexity index is 886. The highest BCUT2D eigenvalue weighted by Gasteiger charge is 2.12. The van der Waals surface area contributed by atoms with E-state index >= 15 is 0 Å². The van der Waals surface area contributed by atoms with Gasteiger partial charge >= 0.3 is 6.03 Å². The number of amides is 2. The molecule has 2 N–H and O–H groups in total. The molecule has 25 heavy (non-hydrogen) atoms. The van der Waals surface area contributed by atoms with E-state index in [1.165, 1.54) is 5.56 Å². The Balaban J connectivity index is 1.85. The van der Waals surface area contributed by atoms with E-state index < -0.39 is 0 Å². The van der Waals surface area contributed by atoms with E-state index in [9.17, 15) is 4.79 Å². The average Bonchev–Trinajstić information content (AvgIpc) is 3.12. The second-order valence-corrected chi connectivity index (χ2v) is 5.81. The second-order valence-electron chi connectivity index (χ2n) is 5.81. The van der Waals surface area contributed by atoms with Crippen molar-refractivity contribution in [3.63, 3.8) is 0 Å². The molecule has 0 spiro atoms. The molecule has 0 aliphatic rings. The van der Waals surface area contributed by atoms with Crippen molar-refractivity contribution in [1.82, 2.24) is 4.57 Å². The van der Waals surface area contributed by atoms with Gasteiger partial charge < -0.3 is 19.9 Å². The van der Waals surface area contributed by atoms with Crippen LogP contribution >= 0.6 is 0 Å². The minimum absolute atomic E-state index is 0.301. The summed E-state index contributed by atoms with van der Waals surface area (Å²) in [6.07, 6.45) is 3.93. The number of aryl methyl sites for hydroxylation is 1. The van der Waals surface area contributed by atoms with Gasteiger partial charge in [-0.25, -0.2) is 4.79 Å². The van der Waals surface area contributed by atoms with Crippen LogP contribution in [0.2, 0.25) is 0 Å². The van der Waals surface area contributed by atoms with Gasteiger partial charge in [0.2, 0.25) is 0 Å². The lowest BCUT2D eigenvalue weighted by Crippen LogP contribution is -2.20. The van der Waals surface area contributed by atoms with Gasteiger partial charge in [0.05, 0.1) is 18.5 Å². The molecule has 0 saturated heterocycles. The highest BCUT2D eigenvalue weighted by Crippen LogP contribution is 2.27. The van der Waals surface area contributed by atoms with E-state index in [0.29, 0.717) is 11.4 Å². The number of ether oxygens (including phenoxy) is 1. The van der Waals surface area contributed by atoms with Crippen molar-refractivity contribution in [1.29, 1.82) is 0 Å². The molecule has 0 radical (unpaired) electrons. The fourth-order valence-electron chi connectivity index (χ4n) is 2.70. The van der Waals surface area contributed by atoms with E-state index in [2.05, 4.69) is 24.5 Å². The lowest BCUT2D eigenvalue weighted by atomic mass is 10.1. The van der Waals surface area contributed by atoms with Gasteiger partial charge in [-0.3, -0.25) is 0 Å². The number of urea groups is 1. The predicted octanol–water partition coefficient (Wildman–Crippen LogP) is 4.75. The first-order valence-electron chi connectivity index (χ1n) is 8.04. The smallest absolute Gasteiger partial charge is 0.323 e. The topological polar surface area (TPSA) is 55.3 Å². The monoisotopic (exact) mass is 335 g/mol. The molecule has 0 bridgehead atoms. The summed E-state index contributed by atoms with van der Waals surface area (Å²) in [5, 5.41) is 5.77. The number of anilines is 2. The molecule has 0 atom stereocenters.